The summed E-state index contributed by atoms with van der Waals surface area (Å²) in [6.45, 7) is 5.14. The van der Waals surface area contributed by atoms with Crippen molar-refractivity contribution < 1.29 is 32.6 Å². The van der Waals surface area contributed by atoms with Crippen molar-refractivity contribution in [1.29, 1.82) is 0 Å². The number of likely N-dealkylation sites (tertiary alicyclic amines) is 1. The smallest absolute Gasteiger partial charge is 0.475 e. The second kappa shape index (κ2) is 8.97. The van der Waals surface area contributed by atoms with Gasteiger partial charge in [-0.3, -0.25) is 9.69 Å². The largest absolute Gasteiger partial charge is 0.490 e. The number of nitrogens with one attached hydrogen (secondary N) is 1. The Labute approximate surface area is 170 Å². The van der Waals surface area contributed by atoms with Gasteiger partial charge in [-0.05, 0) is 26.2 Å². The molecular formula is C18H24F3N3O4S. The third kappa shape index (κ3) is 6.38. The number of hydrogen-bond acceptors (Lipinski definition) is 6. The number of carboxylic acid groups (broad SMARTS) is 1. The second-order valence-corrected chi connectivity index (χ2v) is 8.64. The second-order valence-electron chi connectivity index (χ2n) is 7.70. The van der Waals surface area contributed by atoms with E-state index in [0.717, 1.165) is 44.6 Å². The van der Waals surface area contributed by atoms with E-state index in [2.05, 4.69) is 22.1 Å². The zero-order chi connectivity index (χ0) is 21.2. The average molecular weight is 435 g/mol. The highest BCUT2D eigenvalue weighted by atomic mass is 32.1. The number of nitrogens with zero attached hydrogens (tertiary/aromatic N) is 2. The first-order valence-electron chi connectivity index (χ1n) is 9.48. The molecule has 0 unspecified atom stereocenters. The Balaban J connectivity index is 0.000000298. The summed E-state index contributed by atoms with van der Waals surface area (Å²) in [6.07, 6.45) is -0.783. The summed E-state index contributed by atoms with van der Waals surface area (Å²) in [6, 6.07) is 0.450. The summed E-state index contributed by atoms with van der Waals surface area (Å²) in [7, 11) is 0. The minimum absolute atomic E-state index is 0.126. The van der Waals surface area contributed by atoms with Gasteiger partial charge in [-0.1, -0.05) is 0 Å². The van der Waals surface area contributed by atoms with Crippen LogP contribution in [0.3, 0.4) is 0 Å². The first kappa shape index (κ1) is 22.0. The number of aryl methyl sites for hydroxylation is 1. The molecule has 162 valence electrons. The molecule has 0 aromatic carbocycles. The molecule has 1 aliphatic carbocycles. The molecule has 3 aliphatic rings. The van der Waals surface area contributed by atoms with Crippen LogP contribution in [0, 0.1) is 12.8 Å². The first-order valence-corrected chi connectivity index (χ1v) is 10.4. The lowest BCUT2D eigenvalue weighted by Crippen LogP contribution is -2.30. The molecule has 11 heteroatoms. The lowest BCUT2D eigenvalue weighted by atomic mass is 10.0. The molecule has 1 aromatic rings. The summed E-state index contributed by atoms with van der Waals surface area (Å²) >= 11 is 1.74. The zero-order valence-corrected chi connectivity index (χ0v) is 16.8. The molecular weight excluding hydrogens is 411 g/mol. The lowest BCUT2D eigenvalue weighted by molar-refractivity contribution is -0.192. The van der Waals surface area contributed by atoms with E-state index in [0.29, 0.717) is 24.5 Å². The van der Waals surface area contributed by atoms with Crippen molar-refractivity contribution in [3.05, 3.63) is 16.1 Å². The lowest BCUT2D eigenvalue weighted by Gasteiger charge is -2.18. The van der Waals surface area contributed by atoms with Gasteiger partial charge in [0, 0.05) is 36.5 Å². The predicted molar refractivity (Wildman–Crippen MR) is 98.4 cm³/mol. The quantitative estimate of drug-likeness (QED) is 0.738. The van der Waals surface area contributed by atoms with Crippen LogP contribution in [0.4, 0.5) is 13.2 Å². The molecule has 0 radical (unpaired) electrons. The number of alkyl halides is 3. The van der Waals surface area contributed by atoms with Crippen molar-refractivity contribution in [2.75, 3.05) is 13.1 Å². The van der Waals surface area contributed by atoms with Gasteiger partial charge in [-0.25, -0.2) is 9.78 Å². The van der Waals surface area contributed by atoms with Crippen LogP contribution in [-0.4, -0.2) is 64.4 Å². The van der Waals surface area contributed by atoms with Gasteiger partial charge in [0.1, 0.15) is 0 Å². The standard InChI is InChI=1S/C16H23N3O2S.C2HF3O2/c1-10-15(22-9-17-10)8-19-6-11-4-13(21-14(11)7-19)5-16(20)18-12-2-3-12;3-2(4,5)1(6)7/h9,11-14H,2-8H2,1H3,(H,18,20);(H,6,7)/t11-,13-,14+;/m0./s1. The molecule has 2 N–H and O–H groups in total. The van der Waals surface area contributed by atoms with E-state index in [9.17, 15) is 18.0 Å². The number of fused-ring (bicyclic) bond motifs is 1. The molecule has 1 saturated carbocycles. The number of hydrogen-bond donors (Lipinski definition) is 2. The van der Waals surface area contributed by atoms with Crippen LogP contribution in [0.25, 0.3) is 0 Å². The number of halogens is 3. The molecule has 3 heterocycles. The van der Waals surface area contributed by atoms with E-state index in [1.54, 1.807) is 11.3 Å². The number of amides is 1. The fraction of sp³-hybridized carbons (Fsp3) is 0.722. The van der Waals surface area contributed by atoms with Crippen molar-refractivity contribution in [1.82, 2.24) is 15.2 Å². The number of aromatic nitrogens is 1. The van der Waals surface area contributed by atoms with Crippen LogP contribution >= 0.6 is 11.3 Å². The molecule has 7 nitrogen and oxygen atoms in total. The van der Waals surface area contributed by atoms with Crippen LogP contribution in [0.2, 0.25) is 0 Å². The fourth-order valence-electron chi connectivity index (χ4n) is 3.61. The van der Waals surface area contributed by atoms with Gasteiger partial charge in [-0.15, -0.1) is 11.3 Å². The monoisotopic (exact) mass is 435 g/mol. The average Bonchev–Trinajstić information content (AvgIpc) is 3.02. The number of carbonyl (C=O) groups is 2. The van der Waals surface area contributed by atoms with E-state index >= 15 is 0 Å². The number of carbonyl (C=O) groups excluding carboxylic acids is 1. The van der Waals surface area contributed by atoms with Crippen molar-refractivity contribution in [3.63, 3.8) is 0 Å². The van der Waals surface area contributed by atoms with Crippen molar-refractivity contribution in [2.24, 2.45) is 5.92 Å². The molecule has 3 fully saturated rings. The van der Waals surface area contributed by atoms with Crippen LogP contribution < -0.4 is 5.32 Å². The van der Waals surface area contributed by atoms with Crippen molar-refractivity contribution in [3.8, 4) is 0 Å². The Kier molecular flexibility index (Phi) is 6.79. The third-order valence-corrected chi connectivity index (χ3v) is 6.12. The Morgan fingerprint density at radius 3 is 2.59 bits per heavy atom. The molecule has 4 rings (SSSR count). The number of ether oxygens (including phenoxy) is 1. The van der Waals surface area contributed by atoms with E-state index in [1.165, 1.54) is 4.88 Å². The SMILES string of the molecule is Cc1ncsc1CN1C[C@@H]2C[C@@H](CC(=O)NC3CC3)O[C@@H]2C1.O=C(O)C(F)(F)F. The summed E-state index contributed by atoms with van der Waals surface area (Å²) < 4.78 is 37.9. The third-order valence-electron chi connectivity index (χ3n) is 5.20. The highest BCUT2D eigenvalue weighted by molar-refractivity contribution is 7.09. The molecule has 2 aliphatic heterocycles. The minimum Gasteiger partial charge on any atom is -0.475 e. The molecule has 1 aromatic heterocycles. The molecule has 0 bridgehead atoms. The highest BCUT2D eigenvalue weighted by Crippen LogP contribution is 2.35. The van der Waals surface area contributed by atoms with Gasteiger partial charge in [0.2, 0.25) is 5.91 Å². The Hall–Kier alpha value is -1.72. The molecule has 0 spiro atoms. The van der Waals surface area contributed by atoms with Crippen LogP contribution in [0.1, 0.15) is 36.3 Å². The van der Waals surface area contributed by atoms with Crippen LogP contribution in [-0.2, 0) is 20.9 Å². The highest BCUT2D eigenvalue weighted by Gasteiger charge is 2.42. The molecule has 29 heavy (non-hydrogen) atoms. The minimum atomic E-state index is -5.08. The van der Waals surface area contributed by atoms with Crippen LogP contribution in [0.15, 0.2) is 5.51 Å². The van der Waals surface area contributed by atoms with Gasteiger partial charge in [0.25, 0.3) is 0 Å². The van der Waals surface area contributed by atoms with Gasteiger partial charge < -0.3 is 15.2 Å². The summed E-state index contributed by atoms with van der Waals surface area (Å²) in [5, 5.41) is 10.2. The summed E-state index contributed by atoms with van der Waals surface area (Å²) in [5.41, 5.74) is 3.07. The number of carboxylic acids is 1. The zero-order valence-electron chi connectivity index (χ0n) is 15.9. The number of aliphatic carboxylic acids is 1. The number of thiazole rings is 1. The van der Waals surface area contributed by atoms with Crippen molar-refractivity contribution >= 4 is 23.2 Å². The molecule has 3 atom stereocenters. The topological polar surface area (TPSA) is 91.8 Å². The van der Waals surface area contributed by atoms with E-state index in [4.69, 9.17) is 14.6 Å². The molecule has 1 amide bonds. The molecule has 2 saturated heterocycles. The summed E-state index contributed by atoms with van der Waals surface area (Å²) in [5.74, 6) is -2.00. The maximum Gasteiger partial charge on any atom is 0.490 e. The van der Waals surface area contributed by atoms with Crippen molar-refractivity contribution in [2.45, 2.75) is 63.6 Å². The predicted octanol–water partition coefficient (Wildman–Crippen LogP) is 2.34. The van der Waals surface area contributed by atoms with Gasteiger partial charge in [0.05, 0.1) is 29.8 Å². The van der Waals surface area contributed by atoms with Crippen LogP contribution in [0.5, 0.6) is 0 Å². The first-order chi connectivity index (χ1) is 13.6. The Morgan fingerprint density at radius 2 is 2.07 bits per heavy atom. The number of rotatable bonds is 5. The normalized spacial score (nSPS) is 26.6. The maximum atomic E-state index is 11.9. The van der Waals surface area contributed by atoms with Gasteiger partial charge in [-0.2, -0.15) is 13.2 Å². The fourth-order valence-corrected chi connectivity index (χ4v) is 4.43. The van der Waals surface area contributed by atoms with E-state index < -0.39 is 12.1 Å². The van der Waals surface area contributed by atoms with Gasteiger partial charge >= 0.3 is 12.1 Å². The summed E-state index contributed by atoms with van der Waals surface area (Å²) in [4.78, 5) is 28.9. The van der Waals surface area contributed by atoms with E-state index in [1.807, 2.05) is 5.51 Å². The Morgan fingerprint density at radius 1 is 1.38 bits per heavy atom. The van der Waals surface area contributed by atoms with E-state index in [-0.39, 0.29) is 12.0 Å². The maximum absolute atomic E-state index is 11.9. The van der Waals surface area contributed by atoms with Gasteiger partial charge in [0.15, 0.2) is 0 Å². The Bertz CT molecular complexity index is 724.